The summed E-state index contributed by atoms with van der Waals surface area (Å²) in [7, 11) is 1.40. The molecule has 3 amide bonds. The molecule has 11 heteroatoms. The van der Waals surface area contributed by atoms with Crippen molar-refractivity contribution in [3.05, 3.63) is 70.7 Å². The Kier molecular flexibility index (Phi) is 9.45. The van der Waals surface area contributed by atoms with E-state index in [-0.39, 0.29) is 25.7 Å². The van der Waals surface area contributed by atoms with E-state index in [9.17, 15) is 14.7 Å². The van der Waals surface area contributed by atoms with Gasteiger partial charge in [-0.25, -0.2) is 15.6 Å². The molecule has 10 nitrogen and oxygen atoms in total. The van der Waals surface area contributed by atoms with Crippen LogP contribution in [0.25, 0.3) is 0 Å². The van der Waals surface area contributed by atoms with Crippen LogP contribution in [0.5, 0.6) is 0 Å². The number of rotatable bonds is 10. The molecular weight excluding hydrogens is 522 g/mol. The van der Waals surface area contributed by atoms with Gasteiger partial charge in [0.1, 0.15) is 24.2 Å². The van der Waals surface area contributed by atoms with Gasteiger partial charge in [-0.05, 0) is 43.0 Å². The second kappa shape index (κ2) is 12.8. The highest BCUT2D eigenvalue weighted by molar-refractivity contribution is 6.30. The minimum Gasteiger partial charge on any atom is -0.477 e. The van der Waals surface area contributed by atoms with Gasteiger partial charge in [0.25, 0.3) is 0 Å². The van der Waals surface area contributed by atoms with E-state index in [0.29, 0.717) is 30.3 Å². The molecule has 0 aromatic heterocycles. The van der Waals surface area contributed by atoms with Gasteiger partial charge in [-0.3, -0.25) is 9.80 Å². The molecule has 1 fully saturated rings. The fourth-order valence-corrected chi connectivity index (χ4v) is 5.12. The van der Waals surface area contributed by atoms with Crippen molar-refractivity contribution in [1.29, 1.82) is 0 Å². The van der Waals surface area contributed by atoms with Crippen molar-refractivity contribution >= 4 is 29.4 Å². The fraction of sp³-hybridized carbons (Fsp3) is 0.464. The quantitative estimate of drug-likeness (QED) is 0.234. The van der Waals surface area contributed by atoms with Crippen LogP contribution >= 0.6 is 11.6 Å². The van der Waals surface area contributed by atoms with Crippen LogP contribution in [0.4, 0.5) is 4.79 Å². The topological polar surface area (TPSA) is 130 Å². The molecule has 0 spiro atoms. The summed E-state index contributed by atoms with van der Waals surface area (Å²) in [5.41, 5.74) is 1.02. The molecule has 0 radical (unpaired) electrons. The van der Waals surface area contributed by atoms with Crippen molar-refractivity contribution in [1.82, 2.24) is 15.2 Å². The Balaban J connectivity index is 1.52. The van der Waals surface area contributed by atoms with Crippen LogP contribution in [0.2, 0.25) is 5.02 Å². The lowest BCUT2D eigenvalue weighted by Gasteiger charge is -2.32. The second-order valence-electron chi connectivity index (χ2n) is 10.2. The molecule has 2 aromatic rings. The number of aliphatic hydroxyl groups excluding tert-OH is 1. The second-order valence-corrected chi connectivity index (χ2v) is 10.6. The molecule has 0 saturated carbocycles. The fourth-order valence-electron chi connectivity index (χ4n) is 4.91. The predicted molar refractivity (Wildman–Crippen MR) is 148 cm³/mol. The van der Waals surface area contributed by atoms with Gasteiger partial charge in [-0.15, -0.1) is 0 Å². The summed E-state index contributed by atoms with van der Waals surface area (Å²) in [6.45, 7) is 2.48. The molecule has 2 aromatic carbocycles. The van der Waals surface area contributed by atoms with Crippen LogP contribution in [-0.4, -0.2) is 83.4 Å². The third-order valence-electron chi connectivity index (χ3n) is 7.06. The molecule has 210 valence electrons. The summed E-state index contributed by atoms with van der Waals surface area (Å²) in [5, 5.41) is 14.5. The Bertz CT molecular complexity index is 1180. The molecular formula is C28H36ClN5O5. The number of hydrogen-bond acceptors (Lipinski definition) is 7. The van der Waals surface area contributed by atoms with Crippen LogP contribution in [0.15, 0.2) is 59.6 Å². The smallest absolute Gasteiger partial charge is 0.332 e. The third kappa shape index (κ3) is 7.07. The van der Waals surface area contributed by atoms with Gasteiger partial charge in [0, 0.05) is 25.0 Å². The van der Waals surface area contributed by atoms with E-state index in [1.165, 1.54) is 7.05 Å². The first-order valence-electron chi connectivity index (χ1n) is 13.0. The van der Waals surface area contributed by atoms with E-state index in [4.69, 9.17) is 31.9 Å². The number of aliphatic imine (C=N–C) groups is 1. The van der Waals surface area contributed by atoms with Gasteiger partial charge < -0.3 is 24.8 Å². The zero-order valence-corrected chi connectivity index (χ0v) is 23.0. The molecule has 2 aliphatic rings. The number of nitrogens with one attached hydrogen (secondary N) is 1. The SMILES string of the molecule is C[C@@H](OCc1ccccc1)[C@H](NC(=O)N(C)N)C(=O)N1CCC[C@H]1C1=N[C@](CO)(Cc2cccc(Cl)c2)CO1. The normalized spacial score (nSPS) is 22.1. The van der Waals surface area contributed by atoms with Crippen LogP contribution in [0.1, 0.15) is 30.9 Å². The zero-order valence-electron chi connectivity index (χ0n) is 22.3. The highest BCUT2D eigenvalue weighted by Crippen LogP contribution is 2.30. The lowest BCUT2D eigenvalue weighted by Crippen LogP contribution is -2.58. The van der Waals surface area contributed by atoms with Crippen molar-refractivity contribution in [3.63, 3.8) is 0 Å². The summed E-state index contributed by atoms with van der Waals surface area (Å²) in [5.74, 6) is 5.74. The number of likely N-dealkylation sites (tertiary alicyclic amines) is 1. The monoisotopic (exact) mass is 557 g/mol. The first-order valence-corrected chi connectivity index (χ1v) is 13.4. The van der Waals surface area contributed by atoms with Gasteiger partial charge in [0.2, 0.25) is 11.8 Å². The standard InChI is InChI=1S/C28H36ClN5O5/c1-19(38-16-20-8-4-3-5-9-20)24(31-27(37)33(2)30)26(36)34-13-7-12-23(34)25-32-28(17-35,18-39-25)15-21-10-6-11-22(29)14-21/h3-6,8-11,14,19,23-24,35H,7,12-13,15-18,30H2,1-2H3,(H,31,37)/t19-,23+,24+,28+/m1/s1. The Labute approximate surface area is 233 Å². The van der Waals surface area contributed by atoms with E-state index in [1.54, 1.807) is 17.9 Å². The minimum atomic E-state index is -0.983. The number of carbonyl (C=O) groups excluding carboxylic acids is 2. The predicted octanol–water partition coefficient (Wildman–Crippen LogP) is 2.52. The minimum absolute atomic E-state index is 0.193. The largest absolute Gasteiger partial charge is 0.477 e. The Hall–Kier alpha value is -3.18. The highest BCUT2D eigenvalue weighted by Gasteiger charge is 2.44. The Morgan fingerprint density at radius 1 is 1.28 bits per heavy atom. The maximum Gasteiger partial charge on any atom is 0.332 e. The number of amides is 3. The van der Waals surface area contributed by atoms with Gasteiger partial charge >= 0.3 is 6.03 Å². The number of nitrogens with two attached hydrogens (primary N) is 1. The molecule has 4 N–H and O–H groups in total. The molecule has 0 bridgehead atoms. The number of nitrogens with zero attached hydrogens (tertiary/aromatic N) is 3. The molecule has 1 saturated heterocycles. The number of aliphatic hydroxyl groups is 1. The Morgan fingerprint density at radius 2 is 2.03 bits per heavy atom. The summed E-state index contributed by atoms with van der Waals surface area (Å²) >= 11 is 6.15. The van der Waals surface area contributed by atoms with Crippen molar-refractivity contribution in [2.24, 2.45) is 10.8 Å². The van der Waals surface area contributed by atoms with Crippen molar-refractivity contribution in [2.45, 2.75) is 56.5 Å². The first-order chi connectivity index (χ1) is 18.7. The van der Waals surface area contributed by atoms with Crippen molar-refractivity contribution < 1.29 is 24.2 Å². The van der Waals surface area contributed by atoms with Crippen molar-refractivity contribution in [3.8, 4) is 0 Å². The summed E-state index contributed by atoms with van der Waals surface area (Å²) in [4.78, 5) is 32.9. The molecule has 0 unspecified atom stereocenters. The number of carbonyl (C=O) groups is 2. The number of benzene rings is 2. The highest BCUT2D eigenvalue weighted by atomic mass is 35.5. The lowest BCUT2D eigenvalue weighted by molar-refractivity contribution is -0.137. The van der Waals surface area contributed by atoms with Gasteiger partial charge in [0.05, 0.1) is 19.3 Å². The molecule has 4 rings (SSSR count). The summed E-state index contributed by atoms with van der Waals surface area (Å²) < 4.78 is 12.0. The maximum atomic E-state index is 13.9. The van der Waals surface area contributed by atoms with Crippen molar-refractivity contribution in [2.75, 3.05) is 26.8 Å². The maximum absolute atomic E-state index is 13.9. The van der Waals surface area contributed by atoms with Crippen LogP contribution in [-0.2, 0) is 27.3 Å². The molecule has 4 atom stereocenters. The number of hydrazine groups is 1. The lowest BCUT2D eigenvalue weighted by atomic mass is 9.93. The Morgan fingerprint density at radius 3 is 2.72 bits per heavy atom. The van der Waals surface area contributed by atoms with E-state index >= 15 is 0 Å². The number of ether oxygens (including phenoxy) is 2. The van der Waals surface area contributed by atoms with E-state index in [2.05, 4.69) is 5.32 Å². The van der Waals surface area contributed by atoms with Gasteiger partial charge in [-0.2, -0.15) is 0 Å². The average Bonchev–Trinajstić information content (AvgIpc) is 3.58. The summed E-state index contributed by atoms with van der Waals surface area (Å²) in [6.07, 6.45) is 1.20. The van der Waals surface area contributed by atoms with Crippen LogP contribution < -0.4 is 11.2 Å². The van der Waals surface area contributed by atoms with Gasteiger partial charge in [-0.1, -0.05) is 54.1 Å². The van der Waals surface area contributed by atoms with E-state index in [1.807, 2.05) is 48.5 Å². The zero-order chi connectivity index (χ0) is 28.0. The average molecular weight is 558 g/mol. The number of urea groups is 1. The molecule has 0 aliphatic carbocycles. The van der Waals surface area contributed by atoms with Gasteiger partial charge in [0.15, 0.2) is 0 Å². The molecule has 2 aliphatic heterocycles. The molecule has 39 heavy (non-hydrogen) atoms. The first kappa shape index (κ1) is 28.8. The van der Waals surface area contributed by atoms with Crippen LogP contribution in [0, 0.1) is 0 Å². The molecule has 2 heterocycles. The van der Waals surface area contributed by atoms with E-state index < -0.39 is 29.8 Å². The summed E-state index contributed by atoms with van der Waals surface area (Å²) in [6, 6.07) is 15.0. The van der Waals surface area contributed by atoms with Crippen LogP contribution in [0.3, 0.4) is 0 Å². The number of halogens is 1. The third-order valence-corrected chi connectivity index (χ3v) is 7.30. The van der Waals surface area contributed by atoms with E-state index in [0.717, 1.165) is 22.6 Å². The number of hydrogen-bond donors (Lipinski definition) is 3.